The van der Waals surface area contributed by atoms with E-state index in [1.807, 2.05) is 12.1 Å². The molecule has 16 heavy (non-hydrogen) atoms. The molecule has 0 N–H and O–H groups in total. The number of allylic oxidation sites excluding steroid dienone is 1. The van der Waals surface area contributed by atoms with Crippen molar-refractivity contribution in [2.24, 2.45) is 0 Å². The Labute approximate surface area is 96.2 Å². The van der Waals surface area contributed by atoms with E-state index in [0.29, 0.717) is 5.57 Å². The smallest absolute Gasteiger partial charge is 0.119 e. The zero-order valence-corrected chi connectivity index (χ0v) is 9.49. The van der Waals surface area contributed by atoms with Crippen LogP contribution in [-0.2, 0) is 6.42 Å². The lowest BCUT2D eigenvalue weighted by atomic mass is 9.79. The van der Waals surface area contributed by atoms with Gasteiger partial charge in [0, 0.05) is 11.5 Å². The summed E-state index contributed by atoms with van der Waals surface area (Å²) in [6.45, 7) is 3.85. The third kappa shape index (κ3) is 1.81. The van der Waals surface area contributed by atoms with Gasteiger partial charge in [-0.2, -0.15) is 5.26 Å². The predicted molar refractivity (Wildman–Crippen MR) is 63.4 cm³/mol. The maximum Gasteiger partial charge on any atom is 0.119 e. The first-order chi connectivity index (χ1) is 7.76. The van der Waals surface area contributed by atoms with Crippen molar-refractivity contribution >= 4 is 0 Å². The molecule has 2 nitrogen and oxygen atoms in total. The van der Waals surface area contributed by atoms with Crippen molar-refractivity contribution in [2.45, 2.75) is 25.2 Å². The maximum atomic E-state index is 8.96. The van der Waals surface area contributed by atoms with Gasteiger partial charge in [0.15, 0.2) is 0 Å². The van der Waals surface area contributed by atoms with Crippen molar-refractivity contribution in [3.8, 4) is 11.8 Å². The minimum atomic E-state index is 0.184. The molecule has 1 aliphatic rings. The molecule has 0 heterocycles. The number of hydrogen-bond donors (Lipinski definition) is 0. The van der Waals surface area contributed by atoms with Crippen molar-refractivity contribution in [1.29, 1.82) is 5.26 Å². The lowest BCUT2D eigenvalue weighted by molar-refractivity contribution is 0.413. The number of nitrogens with zero attached hydrogens (tertiary/aromatic N) is 1. The van der Waals surface area contributed by atoms with E-state index in [0.717, 1.165) is 25.0 Å². The maximum absolute atomic E-state index is 8.96. The van der Waals surface area contributed by atoms with Crippen LogP contribution in [0.2, 0.25) is 0 Å². The topological polar surface area (TPSA) is 33.0 Å². The molecule has 0 saturated heterocycles. The van der Waals surface area contributed by atoms with E-state index in [1.54, 1.807) is 7.11 Å². The van der Waals surface area contributed by atoms with Gasteiger partial charge in [0.2, 0.25) is 0 Å². The molecule has 0 amide bonds. The summed E-state index contributed by atoms with van der Waals surface area (Å²) < 4.78 is 5.23. The van der Waals surface area contributed by atoms with Gasteiger partial charge >= 0.3 is 0 Å². The molecule has 2 heteroatoms. The fourth-order valence-electron chi connectivity index (χ4n) is 2.34. The quantitative estimate of drug-likeness (QED) is 0.707. The third-order valence-electron chi connectivity index (χ3n) is 3.23. The summed E-state index contributed by atoms with van der Waals surface area (Å²) >= 11 is 0. The van der Waals surface area contributed by atoms with Crippen molar-refractivity contribution < 1.29 is 4.74 Å². The predicted octanol–water partition coefficient (Wildman–Crippen LogP) is 3.19. The van der Waals surface area contributed by atoms with Crippen LogP contribution in [0.4, 0.5) is 0 Å². The second-order valence-electron chi connectivity index (χ2n) is 4.15. The van der Waals surface area contributed by atoms with E-state index in [2.05, 4.69) is 18.7 Å². The molecule has 0 bridgehead atoms. The fraction of sp³-hybridized carbons (Fsp3) is 0.357. The number of hydrogen-bond acceptors (Lipinski definition) is 2. The van der Waals surface area contributed by atoms with E-state index in [1.165, 1.54) is 11.1 Å². The van der Waals surface area contributed by atoms with Crippen molar-refractivity contribution in [2.75, 3.05) is 7.11 Å². The number of methoxy groups -OCH3 is 1. The highest BCUT2D eigenvalue weighted by Gasteiger charge is 2.22. The molecule has 0 aliphatic heterocycles. The van der Waals surface area contributed by atoms with Crippen LogP contribution in [0.5, 0.6) is 5.75 Å². The largest absolute Gasteiger partial charge is 0.497 e. The minimum absolute atomic E-state index is 0.184. The molecule has 0 saturated carbocycles. The number of benzene rings is 1. The van der Waals surface area contributed by atoms with E-state index in [9.17, 15) is 0 Å². The number of fused-ring (bicyclic) bond motifs is 1. The molecule has 0 aromatic heterocycles. The summed E-state index contributed by atoms with van der Waals surface area (Å²) in [6, 6.07) is 8.31. The lowest BCUT2D eigenvalue weighted by Crippen LogP contribution is -2.11. The SMILES string of the molecule is C=C(C#N)C1CCCc2ccc(OC)cc21. The van der Waals surface area contributed by atoms with Crippen molar-refractivity contribution in [3.05, 3.63) is 41.5 Å². The van der Waals surface area contributed by atoms with Gasteiger partial charge in [-0.3, -0.25) is 0 Å². The lowest BCUT2D eigenvalue weighted by Gasteiger charge is -2.25. The van der Waals surface area contributed by atoms with Crippen LogP contribution < -0.4 is 4.74 Å². The Balaban J connectivity index is 2.44. The number of rotatable bonds is 2. The van der Waals surface area contributed by atoms with Gasteiger partial charge in [-0.1, -0.05) is 12.6 Å². The van der Waals surface area contributed by atoms with Crippen LogP contribution in [0.15, 0.2) is 30.4 Å². The van der Waals surface area contributed by atoms with Gasteiger partial charge in [-0.05, 0) is 42.5 Å². The molecule has 1 unspecified atom stereocenters. The van der Waals surface area contributed by atoms with Gasteiger partial charge in [-0.25, -0.2) is 0 Å². The van der Waals surface area contributed by atoms with Crippen LogP contribution in [-0.4, -0.2) is 7.11 Å². The van der Waals surface area contributed by atoms with E-state index < -0.39 is 0 Å². The van der Waals surface area contributed by atoms with Crippen LogP contribution in [0.3, 0.4) is 0 Å². The Morgan fingerprint density at radius 3 is 3.06 bits per heavy atom. The number of aryl methyl sites for hydroxylation is 1. The van der Waals surface area contributed by atoms with Crippen molar-refractivity contribution in [3.63, 3.8) is 0 Å². The molecule has 1 aliphatic carbocycles. The van der Waals surface area contributed by atoms with Gasteiger partial charge in [0.05, 0.1) is 13.2 Å². The molecule has 1 aromatic rings. The molecule has 1 atom stereocenters. The van der Waals surface area contributed by atoms with E-state index in [4.69, 9.17) is 10.00 Å². The van der Waals surface area contributed by atoms with Gasteiger partial charge < -0.3 is 4.74 Å². The molecule has 2 rings (SSSR count). The Kier molecular flexibility index (Phi) is 2.96. The zero-order chi connectivity index (χ0) is 11.5. The number of ether oxygens (including phenoxy) is 1. The first-order valence-electron chi connectivity index (χ1n) is 5.52. The second-order valence-corrected chi connectivity index (χ2v) is 4.15. The average molecular weight is 213 g/mol. The van der Waals surface area contributed by atoms with Crippen LogP contribution in [0.1, 0.15) is 29.9 Å². The van der Waals surface area contributed by atoms with Crippen LogP contribution in [0.25, 0.3) is 0 Å². The van der Waals surface area contributed by atoms with Crippen LogP contribution >= 0.6 is 0 Å². The Bertz CT molecular complexity index is 456. The summed E-state index contributed by atoms with van der Waals surface area (Å²) in [7, 11) is 1.67. The highest BCUT2D eigenvalue weighted by atomic mass is 16.5. The van der Waals surface area contributed by atoms with E-state index >= 15 is 0 Å². The summed E-state index contributed by atoms with van der Waals surface area (Å²) in [6.07, 6.45) is 3.24. The fourth-order valence-corrected chi connectivity index (χ4v) is 2.34. The standard InChI is InChI=1S/C14H15NO/c1-10(9-15)13-5-3-4-11-6-7-12(16-2)8-14(11)13/h6-8,13H,1,3-5H2,2H3. The Hall–Kier alpha value is -1.75. The van der Waals surface area contributed by atoms with Crippen molar-refractivity contribution in [1.82, 2.24) is 0 Å². The Morgan fingerprint density at radius 2 is 2.38 bits per heavy atom. The minimum Gasteiger partial charge on any atom is -0.497 e. The van der Waals surface area contributed by atoms with Crippen LogP contribution in [0, 0.1) is 11.3 Å². The van der Waals surface area contributed by atoms with Gasteiger partial charge in [0.1, 0.15) is 5.75 Å². The molecule has 0 radical (unpaired) electrons. The average Bonchev–Trinajstić information content (AvgIpc) is 2.36. The number of nitriles is 1. The van der Waals surface area contributed by atoms with Gasteiger partial charge in [-0.15, -0.1) is 0 Å². The monoisotopic (exact) mass is 213 g/mol. The molecule has 0 spiro atoms. The highest BCUT2D eigenvalue weighted by Crippen LogP contribution is 2.37. The second kappa shape index (κ2) is 4.40. The van der Waals surface area contributed by atoms with Gasteiger partial charge in [0.25, 0.3) is 0 Å². The molecule has 0 fully saturated rings. The molecular formula is C14H15NO. The zero-order valence-electron chi connectivity index (χ0n) is 9.49. The summed E-state index contributed by atoms with van der Waals surface area (Å²) in [5.74, 6) is 1.04. The normalized spacial score (nSPS) is 18.4. The first-order valence-corrected chi connectivity index (χ1v) is 5.52. The van der Waals surface area contributed by atoms with E-state index in [-0.39, 0.29) is 5.92 Å². The molecular weight excluding hydrogens is 198 g/mol. The third-order valence-corrected chi connectivity index (χ3v) is 3.23. The molecule has 82 valence electrons. The Morgan fingerprint density at radius 1 is 1.56 bits per heavy atom. The summed E-state index contributed by atoms with van der Waals surface area (Å²) in [5, 5.41) is 8.96. The highest BCUT2D eigenvalue weighted by molar-refractivity contribution is 5.45. The summed E-state index contributed by atoms with van der Waals surface area (Å²) in [4.78, 5) is 0. The first kappa shape index (κ1) is 10.8. The molecule has 1 aromatic carbocycles. The summed E-state index contributed by atoms with van der Waals surface area (Å²) in [5.41, 5.74) is 3.21.